The van der Waals surface area contributed by atoms with Crippen LogP contribution in [0, 0.1) is 0 Å². The predicted molar refractivity (Wildman–Crippen MR) is 69.3 cm³/mol. The quantitative estimate of drug-likeness (QED) is 0.759. The summed E-state index contributed by atoms with van der Waals surface area (Å²) in [5.74, 6) is 0.929. The van der Waals surface area contributed by atoms with Crippen molar-refractivity contribution in [2.24, 2.45) is 0 Å². The standard InChI is InChI=1S/C14H21NO2/c1-5-15(6-2)14(11(3)16)12-9-7-8-10-13(12)17-4/h7-10,14H,5-6H2,1-4H3/t14-/m0/s1. The highest BCUT2D eigenvalue weighted by Crippen LogP contribution is 2.29. The van der Waals surface area contributed by atoms with E-state index in [2.05, 4.69) is 18.7 Å². The third kappa shape index (κ3) is 3.07. The minimum Gasteiger partial charge on any atom is -0.496 e. The molecular weight excluding hydrogens is 214 g/mol. The third-order valence-corrected chi connectivity index (χ3v) is 3.00. The van der Waals surface area contributed by atoms with E-state index >= 15 is 0 Å². The first-order chi connectivity index (χ1) is 8.15. The van der Waals surface area contributed by atoms with E-state index in [0.29, 0.717) is 0 Å². The Balaban J connectivity index is 3.17. The molecule has 0 aliphatic heterocycles. The van der Waals surface area contributed by atoms with Gasteiger partial charge in [0.05, 0.1) is 13.2 Å². The number of carbonyl (C=O) groups is 1. The van der Waals surface area contributed by atoms with Crippen molar-refractivity contribution in [1.82, 2.24) is 4.90 Å². The Morgan fingerprint density at radius 3 is 2.35 bits per heavy atom. The maximum atomic E-state index is 11.9. The number of Topliss-reactive ketones (excluding diaryl/α,β-unsaturated/α-hetero) is 1. The van der Waals surface area contributed by atoms with Crippen LogP contribution in [0.3, 0.4) is 0 Å². The van der Waals surface area contributed by atoms with Crippen molar-refractivity contribution in [3.63, 3.8) is 0 Å². The molecule has 0 amide bonds. The number of para-hydroxylation sites is 1. The van der Waals surface area contributed by atoms with Crippen LogP contribution >= 0.6 is 0 Å². The first-order valence-electron chi connectivity index (χ1n) is 6.03. The van der Waals surface area contributed by atoms with E-state index in [1.54, 1.807) is 14.0 Å². The first-order valence-corrected chi connectivity index (χ1v) is 6.03. The van der Waals surface area contributed by atoms with Crippen molar-refractivity contribution in [1.29, 1.82) is 0 Å². The molecule has 0 heterocycles. The molecule has 1 aromatic carbocycles. The third-order valence-electron chi connectivity index (χ3n) is 3.00. The molecule has 1 atom stereocenters. The van der Waals surface area contributed by atoms with Gasteiger partial charge in [-0.25, -0.2) is 0 Å². The Morgan fingerprint density at radius 1 is 1.29 bits per heavy atom. The Morgan fingerprint density at radius 2 is 1.88 bits per heavy atom. The highest BCUT2D eigenvalue weighted by molar-refractivity contribution is 5.83. The van der Waals surface area contributed by atoms with Gasteiger partial charge in [0, 0.05) is 5.56 Å². The second kappa shape index (κ2) is 6.40. The molecule has 0 bridgehead atoms. The van der Waals surface area contributed by atoms with Gasteiger partial charge in [-0.1, -0.05) is 32.0 Å². The molecule has 0 aromatic heterocycles. The summed E-state index contributed by atoms with van der Waals surface area (Å²) in [5, 5.41) is 0. The number of ketones is 1. The highest BCUT2D eigenvalue weighted by Gasteiger charge is 2.25. The Labute approximate surface area is 103 Å². The summed E-state index contributed by atoms with van der Waals surface area (Å²) in [6, 6.07) is 7.51. The molecule has 0 spiro atoms. The zero-order valence-electron chi connectivity index (χ0n) is 11.1. The van der Waals surface area contributed by atoms with Crippen LogP contribution in [0.5, 0.6) is 5.75 Å². The zero-order chi connectivity index (χ0) is 12.8. The summed E-state index contributed by atoms with van der Waals surface area (Å²) in [4.78, 5) is 14.0. The molecular formula is C14H21NO2. The van der Waals surface area contributed by atoms with E-state index in [1.807, 2.05) is 24.3 Å². The Kier molecular flexibility index (Phi) is 5.16. The molecule has 0 unspecified atom stereocenters. The van der Waals surface area contributed by atoms with Gasteiger partial charge in [0.1, 0.15) is 5.75 Å². The van der Waals surface area contributed by atoms with E-state index in [4.69, 9.17) is 4.74 Å². The van der Waals surface area contributed by atoms with Gasteiger partial charge in [0.25, 0.3) is 0 Å². The fourth-order valence-electron chi connectivity index (χ4n) is 2.15. The summed E-state index contributed by atoms with van der Waals surface area (Å²) in [7, 11) is 1.64. The molecule has 17 heavy (non-hydrogen) atoms. The van der Waals surface area contributed by atoms with E-state index in [1.165, 1.54) is 0 Å². The average Bonchev–Trinajstić information content (AvgIpc) is 2.35. The van der Waals surface area contributed by atoms with Crippen LogP contribution in [0.4, 0.5) is 0 Å². The van der Waals surface area contributed by atoms with E-state index in [-0.39, 0.29) is 11.8 Å². The lowest BCUT2D eigenvalue weighted by Gasteiger charge is -2.28. The average molecular weight is 235 g/mol. The fraction of sp³-hybridized carbons (Fsp3) is 0.500. The van der Waals surface area contributed by atoms with Gasteiger partial charge in [-0.2, -0.15) is 0 Å². The van der Waals surface area contributed by atoms with Crippen LogP contribution in [0.1, 0.15) is 32.4 Å². The molecule has 0 saturated heterocycles. The molecule has 0 fully saturated rings. The minimum atomic E-state index is -0.207. The monoisotopic (exact) mass is 235 g/mol. The van der Waals surface area contributed by atoms with Gasteiger partial charge >= 0.3 is 0 Å². The van der Waals surface area contributed by atoms with Gasteiger partial charge in [0.15, 0.2) is 5.78 Å². The lowest BCUT2D eigenvalue weighted by atomic mass is 10.0. The van der Waals surface area contributed by atoms with Crippen LogP contribution in [-0.2, 0) is 4.79 Å². The van der Waals surface area contributed by atoms with Crippen molar-refractivity contribution < 1.29 is 9.53 Å². The summed E-state index contributed by atoms with van der Waals surface area (Å²) in [5.41, 5.74) is 0.950. The molecule has 0 N–H and O–H groups in total. The SMILES string of the molecule is CCN(CC)[C@@H](C(C)=O)c1ccccc1OC. The van der Waals surface area contributed by atoms with Crippen molar-refractivity contribution >= 4 is 5.78 Å². The second-order valence-electron chi connectivity index (χ2n) is 3.98. The van der Waals surface area contributed by atoms with Gasteiger partial charge in [0.2, 0.25) is 0 Å². The Hall–Kier alpha value is -1.35. The van der Waals surface area contributed by atoms with E-state index in [0.717, 1.165) is 24.4 Å². The first kappa shape index (κ1) is 13.7. The summed E-state index contributed by atoms with van der Waals surface area (Å²) in [6.45, 7) is 7.46. The van der Waals surface area contributed by atoms with Crippen molar-refractivity contribution in [3.8, 4) is 5.75 Å². The van der Waals surface area contributed by atoms with Gasteiger partial charge in [-0.15, -0.1) is 0 Å². The maximum Gasteiger partial charge on any atom is 0.151 e. The maximum absolute atomic E-state index is 11.9. The smallest absolute Gasteiger partial charge is 0.151 e. The number of ether oxygens (including phenoxy) is 1. The molecule has 0 saturated carbocycles. The normalized spacial score (nSPS) is 12.5. The van der Waals surface area contributed by atoms with Gasteiger partial charge in [-0.05, 0) is 26.1 Å². The van der Waals surface area contributed by atoms with E-state index < -0.39 is 0 Å². The van der Waals surface area contributed by atoms with Gasteiger partial charge in [-0.3, -0.25) is 9.69 Å². The summed E-state index contributed by atoms with van der Waals surface area (Å²) in [6.07, 6.45) is 0. The molecule has 3 nitrogen and oxygen atoms in total. The number of benzene rings is 1. The minimum absolute atomic E-state index is 0.151. The van der Waals surface area contributed by atoms with Crippen molar-refractivity contribution in [2.75, 3.05) is 20.2 Å². The lowest BCUT2D eigenvalue weighted by molar-refractivity contribution is -0.122. The topological polar surface area (TPSA) is 29.5 Å². The number of hydrogen-bond donors (Lipinski definition) is 0. The molecule has 1 aromatic rings. The largest absolute Gasteiger partial charge is 0.496 e. The predicted octanol–water partition coefficient (Wildman–Crippen LogP) is 2.67. The number of rotatable bonds is 6. The van der Waals surface area contributed by atoms with Crippen molar-refractivity contribution in [3.05, 3.63) is 29.8 Å². The molecule has 0 aliphatic carbocycles. The second-order valence-corrected chi connectivity index (χ2v) is 3.98. The summed E-state index contributed by atoms with van der Waals surface area (Å²) >= 11 is 0. The fourth-order valence-corrected chi connectivity index (χ4v) is 2.15. The molecule has 94 valence electrons. The number of carbonyl (C=O) groups excluding carboxylic acids is 1. The molecule has 3 heteroatoms. The number of likely N-dealkylation sites (N-methyl/N-ethyl adjacent to an activating group) is 1. The van der Waals surface area contributed by atoms with Crippen LogP contribution in [-0.4, -0.2) is 30.9 Å². The van der Waals surface area contributed by atoms with Gasteiger partial charge < -0.3 is 4.74 Å². The van der Waals surface area contributed by atoms with Crippen LogP contribution in [0.15, 0.2) is 24.3 Å². The number of hydrogen-bond acceptors (Lipinski definition) is 3. The zero-order valence-corrected chi connectivity index (χ0v) is 11.1. The van der Waals surface area contributed by atoms with Crippen molar-refractivity contribution in [2.45, 2.75) is 26.8 Å². The Bertz CT molecular complexity index is 372. The molecule has 0 aliphatic rings. The summed E-state index contributed by atoms with van der Waals surface area (Å²) < 4.78 is 5.34. The number of methoxy groups -OCH3 is 1. The highest BCUT2D eigenvalue weighted by atomic mass is 16.5. The van der Waals surface area contributed by atoms with Crippen LogP contribution in [0.2, 0.25) is 0 Å². The van der Waals surface area contributed by atoms with E-state index in [9.17, 15) is 4.79 Å². The van der Waals surface area contributed by atoms with Crippen LogP contribution < -0.4 is 4.74 Å². The molecule has 1 rings (SSSR count). The lowest BCUT2D eigenvalue weighted by Crippen LogP contribution is -2.33. The number of nitrogens with zero attached hydrogens (tertiary/aromatic N) is 1. The van der Waals surface area contributed by atoms with Crippen LogP contribution in [0.25, 0.3) is 0 Å². The molecule has 0 radical (unpaired) electrons.